The molecule has 2 rings (SSSR count). The largest absolute Gasteiger partial charge is 0.483 e. The Morgan fingerprint density at radius 2 is 2.08 bits per heavy atom. The van der Waals surface area contributed by atoms with Crippen LogP contribution in [0.5, 0.6) is 5.75 Å². The summed E-state index contributed by atoms with van der Waals surface area (Å²) in [5.41, 5.74) is 1.08. The summed E-state index contributed by atoms with van der Waals surface area (Å²) in [4.78, 5) is 27.5. The van der Waals surface area contributed by atoms with Crippen LogP contribution in [-0.4, -0.2) is 29.9 Å². The number of hydrogen-bond acceptors (Lipinski definition) is 5. The van der Waals surface area contributed by atoms with Gasteiger partial charge in [-0.2, -0.15) is 0 Å². The first-order valence-electron chi connectivity index (χ1n) is 7.78. The van der Waals surface area contributed by atoms with Crippen LogP contribution in [-0.2, 0) is 9.59 Å². The van der Waals surface area contributed by atoms with E-state index >= 15 is 0 Å². The highest BCUT2D eigenvalue weighted by Crippen LogP contribution is 2.28. The third-order valence-corrected chi connectivity index (χ3v) is 4.23. The summed E-state index contributed by atoms with van der Waals surface area (Å²) < 4.78 is 5.61. The number of benzene rings is 1. The van der Waals surface area contributed by atoms with Crippen LogP contribution in [0.25, 0.3) is 0 Å². The summed E-state index contributed by atoms with van der Waals surface area (Å²) in [7, 11) is 0. The number of aromatic nitrogens is 1. The Bertz CT molecular complexity index is 673. The number of thiazole rings is 1. The SMILES string of the molecule is CC[C@H](C)c1ccccc1OCC(=O)NCC(=O)Nc1nccs1. The lowest BCUT2D eigenvalue weighted by molar-refractivity contribution is -0.125. The van der Waals surface area contributed by atoms with Crippen LogP contribution in [0.15, 0.2) is 35.8 Å². The zero-order valence-corrected chi connectivity index (χ0v) is 14.6. The van der Waals surface area contributed by atoms with Crippen LogP contribution in [0, 0.1) is 0 Å². The Morgan fingerprint density at radius 1 is 1.29 bits per heavy atom. The molecule has 0 radical (unpaired) electrons. The number of rotatable bonds is 8. The van der Waals surface area contributed by atoms with Crippen molar-refractivity contribution in [2.75, 3.05) is 18.5 Å². The van der Waals surface area contributed by atoms with Gasteiger partial charge in [0.05, 0.1) is 6.54 Å². The second-order valence-corrected chi connectivity index (χ2v) is 6.19. The van der Waals surface area contributed by atoms with Gasteiger partial charge in [0.25, 0.3) is 5.91 Å². The van der Waals surface area contributed by atoms with Crippen LogP contribution in [0.2, 0.25) is 0 Å². The zero-order valence-electron chi connectivity index (χ0n) is 13.7. The Hall–Kier alpha value is -2.41. The van der Waals surface area contributed by atoms with Gasteiger partial charge in [0.1, 0.15) is 5.75 Å². The van der Waals surface area contributed by atoms with E-state index in [1.165, 1.54) is 11.3 Å². The number of ether oxygens (including phenoxy) is 1. The van der Waals surface area contributed by atoms with Gasteiger partial charge in [-0.05, 0) is 24.0 Å². The third-order valence-electron chi connectivity index (χ3n) is 3.55. The second kappa shape index (κ2) is 9.02. The summed E-state index contributed by atoms with van der Waals surface area (Å²) in [5, 5.41) is 7.39. The van der Waals surface area contributed by atoms with E-state index in [1.54, 1.807) is 11.6 Å². The average Bonchev–Trinajstić information content (AvgIpc) is 3.10. The first kappa shape index (κ1) is 17.9. The van der Waals surface area contributed by atoms with Crippen LogP contribution >= 0.6 is 11.3 Å². The van der Waals surface area contributed by atoms with Crippen LogP contribution < -0.4 is 15.4 Å². The van der Waals surface area contributed by atoms with Gasteiger partial charge in [0.15, 0.2) is 11.7 Å². The van der Waals surface area contributed by atoms with Gasteiger partial charge in [-0.15, -0.1) is 11.3 Å². The molecule has 0 saturated carbocycles. The number of para-hydroxylation sites is 1. The Morgan fingerprint density at radius 3 is 2.79 bits per heavy atom. The molecular weight excluding hydrogens is 326 g/mol. The van der Waals surface area contributed by atoms with Gasteiger partial charge in [-0.25, -0.2) is 4.98 Å². The lowest BCUT2D eigenvalue weighted by Gasteiger charge is -2.15. The molecule has 0 bridgehead atoms. The molecule has 7 heteroatoms. The van der Waals surface area contributed by atoms with E-state index in [-0.39, 0.29) is 25.0 Å². The number of nitrogens with zero attached hydrogens (tertiary/aromatic N) is 1. The molecule has 0 unspecified atom stereocenters. The van der Waals surface area contributed by atoms with Crippen molar-refractivity contribution in [3.63, 3.8) is 0 Å². The molecule has 6 nitrogen and oxygen atoms in total. The van der Waals surface area contributed by atoms with Gasteiger partial charge in [-0.1, -0.05) is 32.0 Å². The molecule has 0 spiro atoms. The van der Waals surface area contributed by atoms with E-state index in [4.69, 9.17) is 4.74 Å². The molecule has 0 aliphatic carbocycles. The van der Waals surface area contributed by atoms with Crippen molar-refractivity contribution >= 4 is 28.3 Å². The maximum absolute atomic E-state index is 11.8. The number of amides is 2. The summed E-state index contributed by atoms with van der Waals surface area (Å²) in [6, 6.07) is 7.69. The Kier molecular flexibility index (Phi) is 6.74. The number of carbonyl (C=O) groups excluding carboxylic acids is 2. The summed E-state index contributed by atoms with van der Waals surface area (Å²) in [5.74, 6) is 0.393. The Labute approximate surface area is 145 Å². The zero-order chi connectivity index (χ0) is 17.4. The molecule has 2 N–H and O–H groups in total. The van der Waals surface area contributed by atoms with Crippen LogP contribution in [0.1, 0.15) is 31.7 Å². The van der Waals surface area contributed by atoms with E-state index in [0.29, 0.717) is 16.8 Å². The van der Waals surface area contributed by atoms with Gasteiger partial charge < -0.3 is 15.4 Å². The first-order chi connectivity index (χ1) is 11.6. The highest BCUT2D eigenvalue weighted by Gasteiger charge is 2.12. The van der Waals surface area contributed by atoms with Gasteiger partial charge in [-0.3, -0.25) is 9.59 Å². The highest BCUT2D eigenvalue weighted by atomic mass is 32.1. The molecule has 1 aromatic heterocycles. The smallest absolute Gasteiger partial charge is 0.258 e. The minimum Gasteiger partial charge on any atom is -0.483 e. The number of hydrogen-bond donors (Lipinski definition) is 2. The van der Waals surface area contributed by atoms with Gasteiger partial charge in [0, 0.05) is 11.6 Å². The molecule has 128 valence electrons. The third kappa shape index (κ3) is 5.34. The lowest BCUT2D eigenvalue weighted by atomic mass is 9.98. The monoisotopic (exact) mass is 347 g/mol. The van der Waals surface area contributed by atoms with E-state index in [2.05, 4.69) is 29.5 Å². The van der Waals surface area contributed by atoms with Crippen molar-refractivity contribution in [1.82, 2.24) is 10.3 Å². The molecule has 1 aromatic carbocycles. The minimum atomic E-state index is -0.344. The normalized spacial score (nSPS) is 11.6. The molecule has 0 fully saturated rings. The molecule has 0 aliphatic rings. The topological polar surface area (TPSA) is 80.3 Å². The molecule has 1 heterocycles. The maximum Gasteiger partial charge on any atom is 0.258 e. The molecule has 24 heavy (non-hydrogen) atoms. The quantitative estimate of drug-likeness (QED) is 0.769. The van der Waals surface area contributed by atoms with E-state index in [0.717, 1.165) is 12.0 Å². The first-order valence-corrected chi connectivity index (χ1v) is 8.66. The summed E-state index contributed by atoms with van der Waals surface area (Å²) in [6.07, 6.45) is 2.59. The fourth-order valence-corrected chi connectivity index (χ4v) is 2.61. The van der Waals surface area contributed by atoms with Crippen LogP contribution in [0.4, 0.5) is 5.13 Å². The standard InChI is InChI=1S/C17H21N3O3S/c1-3-12(2)13-6-4-5-7-14(13)23-11-16(22)19-10-15(21)20-17-18-8-9-24-17/h4-9,12H,3,10-11H2,1-2H3,(H,19,22)(H,18,20,21)/t12-/m0/s1. The van der Waals surface area contributed by atoms with Crippen molar-refractivity contribution in [1.29, 1.82) is 0 Å². The number of nitrogens with one attached hydrogen (secondary N) is 2. The van der Waals surface area contributed by atoms with Crippen molar-refractivity contribution in [3.05, 3.63) is 41.4 Å². The van der Waals surface area contributed by atoms with E-state index in [9.17, 15) is 9.59 Å². The number of anilines is 1. The fourth-order valence-electron chi connectivity index (χ4n) is 2.06. The Balaban J connectivity index is 1.78. The molecule has 1 atom stereocenters. The van der Waals surface area contributed by atoms with Crippen molar-refractivity contribution in [2.24, 2.45) is 0 Å². The molecular formula is C17H21N3O3S. The second-order valence-electron chi connectivity index (χ2n) is 5.30. The van der Waals surface area contributed by atoms with Crippen LogP contribution in [0.3, 0.4) is 0 Å². The molecule has 2 amide bonds. The van der Waals surface area contributed by atoms with Crippen molar-refractivity contribution in [2.45, 2.75) is 26.2 Å². The molecule has 0 aliphatic heterocycles. The van der Waals surface area contributed by atoms with Gasteiger partial charge >= 0.3 is 0 Å². The molecule has 2 aromatic rings. The number of carbonyl (C=O) groups is 2. The lowest BCUT2D eigenvalue weighted by Crippen LogP contribution is -2.35. The fraction of sp³-hybridized carbons (Fsp3) is 0.353. The van der Waals surface area contributed by atoms with E-state index < -0.39 is 0 Å². The predicted octanol–water partition coefficient (Wildman–Crippen LogP) is 2.79. The highest BCUT2D eigenvalue weighted by molar-refractivity contribution is 7.13. The summed E-state index contributed by atoms with van der Waals surface area (Å²) >= 11 is 1.32. The molecule has 0 saturated heterocycles. The van der Waals surface area contributed by atoms with Crippen molar-refractivity contribution in [3.8, 4) is 5.75 Å². The maximum atomic E-state index is 11.8. The minimum absolute atomic E-state index is 0.116. The summed E-state index contributed by atoms with van der Waals surface area (Å²) in [6.45, 7) is 3.98. The van der Waals surface area contributed by atoms with Crippen molar-refractivity contribution < 1.29 is 14.3 Å². The van der Waals surface area contributed by atoms with E-state index in [1.807, 2.05) is 24.3 Å². The predicted molar refractivity (Wildman–Crippen MR) is 94.4 cm³/mol. The van der Waals surface area contributed by atoms with Gasteiger partial charge in [0.2, 0.25) is 5.91 Å². The average molecular weight is 347 g/mol.